The smallest absolute Gasteiger partial charge is 0.370 e. The van der Waals surface area contributed by atoms with Crippen LogP contribution in [0.15, 0.2) is 85.3 Å². The van der Waals surface area contributed by atoms with Crippen molar-refractivity contribution in [3.05, 3.63) is 108 Å². The third kappa shape index (κ3) is 10.6. The summed E-state index contributed by atoms with van der Waals surface area (Å²) in [5, 5.41) is 3.03. The Hall–Kier alpha value is -4.20. The molecule has 50 heavy (non-hydrogen) atoms. The van der Waals surface area contributed by atoms with Gasteiger partial charge in [-0.05, 0) is 65.9 Å². The summed E-state index contributed by atoms with van der Waals surface area (Å²) in [5.74, 6) is -0.0146. The molecule has 266 valence electrons. The summed E-state index contributed by atoms with van der Waals surface area (Å²) in [5.41, 5.74) is 4.91. The number of carbonyl (C=O) groups is 1. The number of unbranched alkanes of at least 4 members (excludes halogenated alkanes) is 11. The van der Waals surface area contributed by atoms with Crippen LogP contribution >= 0.6 is 0 Å². The molecule has 8 heteroatoms. The molecular formula is C42H51F3N4O. The Labute approximate surface area is 295 Å². The first-order valence-corrected chi connectivity index (χ1v) is 18.5. The second kappa shape index (κ2) is 18.7. The molecular weight excluding hydrogens is 633 g/mol. The van der Waals surface area contributed by atoms with E-state index in [4.69, 9.17) is 0 Å². The first-order valence-electron chi connectivity index (χ1n) is 18.5. The molecule has 1 amide bonds. The van der Waals surface area contributed by atoms with Crippen molar-refractivity contribution >= 4 is 17.3 Å². The molecule has 0 fully saturated rings. The van der Waals surface area contributed by atoms with Gasteiger partial charge in [0.05, 0.1) is 11.3 Å². The van der Waals surface area contributed by atoms with Crippen molar-refractivity contribution in [3.63, 3.8) is 0 Å². The first-order chi connectivity index (χ1) is 24.3. The summed E-state index contributed by atoms with van der Waals surface area (Å²) in [6.07, 6.45) is 18.9. The van der Waals surface area contributed by atoms with Crippen LogP contribution in [0.3, 0.4) is 0 Å². The molecule has 1 aliphatic heterocycles. The Morgan fingerprint density at radius 2 is 1.52 bits per heavy atom. The minimum atomic E-state index is -4.42. The van der Waals surface area contributed by atoms with E-state index >= 15 is 0 Å². The average molecular weight is 685 g/mol. The van der Waals surface area contributed by atoms with Crippen LogP contribution in [0, 0.1) is 0 Å². The molecule has 4 aromatic rings. The molecule has 1 atom stereocenters. The minimum absolute atomic E-state index is 0.291. The van der Waals surface area contributed by atoms with Crippen LogP contribution < -0.4 is 10.2 Å². The standard InChI is InChI=1S/C42H51F3N4O/c1-2-3-4-5-6-7-8-9-10-11-12-13-16-34(39-30-46-26-27-47-39)31-49-28-25-33-29-36(23-24-40(33)49)48-41(50)38-18-15-14-17-37(38)32-19-21-35(22-20-32)42(43,44)45/h14-15,17-24,26-27,29-30,34H,2-13,16,25,28,31H2,1H3,(H,48,50). The van der Waals surface area contributed by atoms with E-state index in [2.05, 4.69) is 33.2 Å². The summed E-state index contributed by atoms with van der Waals surface area (Å²) in [4.78, 5) is 24.9. The fraction of sp³-hybridized carbons (Fsp3) is 0.452. The van der Waals surface area contributed by atoms with Gasteiger partial charge in [0, 0.05) is 54.5 Å². The summed E-state index contributed by atoms with van der Waals surface area (Å²) in [7, 11) is 0. The predicted octanol–water partition coefficient (Wildman–Crippen LogP) is 11.7. The Balaban J connectivity index is 1.15. The van der Waals surface area contributed by atoms with Gasteiger partial charge in [-0.1, -0.05) is 114 Å². The lowest BCUT2D eigenvalue weighted by atomic mass is 9.96. The number of alkyl halides is 3. The fourth-order valence-corrected chi connectivity index (χ4v) is 7.06. The first kappa shape index (κ1) is 37.1. The van der Waals surface area contributed by atoms with Crippen molar-refractivity contribution in [1.82, 2.24) is 9.97 Å². The van der Waals surface area contributed by atoms with Gasteiger partial charge in [0.1, 0.15) is 0 Å². The van der Waals surface area contributed by atoms with Crippen LogP contribution in [0.1, 0.15) is 123 Å². The van der Waals surface area contributed by atoms with Crippen molar-refractivity contribution in [2.45, 2.75) is 109 Å². The molecule has 1 aliphatic rings. The number of benzene rings is 3. The molecule has 1 N–H and O–H groups in total. The van der Waals surface area contributed by atoms with Gasteiger partial charge in [-0.15, -0.1) is 0 Å². The Morgan fingerprint density at radius 3 is 2.18 bits per heavy atom. The molecule has 1 unspecified atom stereocenters. The van der Waals surface area contributed by atoms with Crippen LogP contribution in [0.25, 0.3) is 11.1 Å². The highest BCUT2D eigenvalue weighted by molar-refractivity contribution is 6.08. The topological polar surface area (TPSA) is 58.1 Å². The van der Waals surface area contributed by atoms with Crippen molar-refractivity contribution in [2.75, 3.05) is 23.3 Å². The quantitative estimate of drug-likeness (QED) is 0.0999. The number of fused-ring (bicyclic) bond motifs is 1. The zero-order valence-corrected chi connectivity index (χ0v) is 29.4. The van der Waals surface area contributed by atoms with Crippen LogP contribution in [0.2, 0.25) is 0 Å². The van der Waals surface area contributed by atoms with E-state index < -0.39 is 11.7 Å². The highest BCUT2D eigenvalue weighted by Gasteiger charge is 2.30. The lowest BCUT2D eigenvalue weighted by molar-refractivity contribution is -0.137. The second-order valence-electron chi connectivity index (χ2n) is 13.6. The molecule has 1 aromatic heterocycles. The molecule has 5 nitrogen and oxygen atoms in total. The van der Waals surface area contributed by atoms with Gasteiger partial charge in [0.15, 0.2) is 0 Å². The second-order valence-corrected chi connectivity index (χ2v) is 13.6. The fourth-order valence-electron chi connectivity index (χ4n) is 7.06. The molecule has 0 saturated carbocycles. The minimum Gasteiger partial charge on any atom is -0.370 e. The van der Waals surface area contributed by atoms with Gasteiger partial charge in [0.25, 0.3) is 5.91 Å². The summed E-state index contributed by atoms with van der Waals surface area (Å²) in [6, 6.07) is 17.9. The highest BCUT2D eigenvalue weighted by Crippen LogP contribution is 2.35. The van der Waals surface area contributed by atoms with Gasteiger partial charge < -0.3 is 10.2 Å². The largest absolute Gasteiger partial charge is 0.416 e. The molecule has 0 bridgehead atoms. The maximum Gasteiger partial charge on any atom is 0.416 e. The number of carbonyl (C=O) groups excluding carboxylic acids is 1. The van der Waals surface area contributed by atoms with E-state index in [0.29, 0.717) is 28.3 Å². The number of rotatable bonds is 19. The lowest BCUT2D eigenvalue weighted by Crippen LogP contribution is -2.27. The molecule has 3 aromatic carbocycles. The maximum atomic E-state index is 13.4. The number of aromatic nitrogens is 2. The van der Waals surface area contributed by atoms with Crippen molar-refractivity contribution < 1.29 is 18.0 Å². The molecule has 0 saturated heterocycles. The SMILES string of the molecule is CCCCCCCCCCCCCCC(CN1CCc2cc(NC(=O)c3ccccc3-c3ccc(C(F)(F)F)cc3)ccc21)c1cnccn1. The van der Waals surface area contributed by atoms with Crippen LogP contribution in [-0.4, -0.2) is 29.0 Å². The Bertz CT molecular complexity index is 1620. The van der Waals surface area contributed by atoms with Gasteiger partial charge >= 0.3 is 6.18 Å². The summed E-state index contributed by atoms with van der Waals surface area (Å²) < 4.78 is 39.3. The number of halogens is 3. The predicted molar refractivity (Wildman–Crippen MR) is 198 cm³/mol. The third-order valence-electron chi connectivity index (χ3n) is 9.87. The highest BCUT2D eigenvalue weighted by atomic mass is 19.4. The summed E-state index contributed by atoms with van der Waals surface area (Å²) in [6.45, 7) is 4.04. The number of anilines is 2. The van der Waals surface area contributed by atoms with E-state index in [1.807, 2.05) is 18.3 Å². The van der Waals surface area contributed by atoms with Gasteiger partial charge in [-0.2, -0.15) is 13.2 Å². The van der Waals surface area contributed by atoms with Gasteiger partial charge in [0.2, 0.25) is 0 Å². The molecule has 0 aliphatic carbocycles. The van der Waals surface area contributed by atoms with Crippen LogP contribution in [-0.2, 0) is 12.6 Å². The zero-order valence-electron chi connectivity index (χ0n) is 29.4. The monoisotopic (exact) mass is 684 g/mol. The molecule has 0 radical (unpaired) electrons. The number of amides is 1. The molecule has 0 spiro atoms. The molecule has 5 rings (SSSR count). The van der Waals surface area contributed by atoms with Crippen molar-refractivity contribution in [2.24, 2.45) is 0 Å². The van der Waals surface area contributed by atoms with Crippen molar-refractivity contribution in [1.29, 1.82) is 0 Å². The Morgan fingerprint density at radius 1 is 0.840 bits per heavy atom. The number of hydrogen-bond acceptors (Lipinski definition) is 4. The third-order valence-corrected chi connectivity index (χ3v) is 9.87. The van der Waals surface area contributed by atoms with Gasteiger partial charge in [-0.25, -0.2) is 0 Å². The number of hydrogen-bond donors (Lipinski definition) is 1. The Kier molecular flexibility index (Phi) is 13.9. The zero-order chi connectivity index (χ0) is 35.2. The van der Waals surface area contributed by atoms with Crippen LogP contribution in [0.5, 0.6) is 0 Å². The number of nitrogens with zero attached hydrogens (tertiary/aromatic N) is 3. The van der Waals surface area contributed by atoms with Crippen LogP contribution in [0.4, 0.5) is 24.5 Å². The van der Waals surface area contributed by atoms with Gasteiger partial charge in [-0.3, -0.25) is 14.8 Å². The maximum absolute atomic E-state index is 13.4. The molecule has 2 heterocycles. The van der Waals surface area contributed by atoms with E-state index in [-0.39, 0.29) is 5.91 Å². The van der Waals surface area contributed by atoms with E-state index in [9.17, 15) is 18.0 Å². The van der Waals surface area contributed by atoms with E-state index in [0.717, 1.165) is 43.8 Å². The lowest BCUT2D eigenvalue weighted by Gasteiger charge is -2.26. The van der Waals surface area contributed by atoms with Crippen molar-refractivity contribution in [3.8, 4) is 11.1 Å². The number of nitrogens with one attached hydrogen (secondary N) is 1. The summed E-state index contributed by atoms with van der Waals surface area (Å²) >= 11 is 0. The van der Waals surface area contributed by atoms with E-state index in [1.54, 1.807) is 36.7 Å². The normalized spacial score (nSPS) is 13.3. The van der Waals surface area contributed by atoms with E-state index in [1.165, 1.54) is 100 Å². The average Bonchev–Trinajstić information content (AvgIpc) is 3.53.